The molecule has 0 spiro atoms. The highest BCUT2D eigenvalue weighted by molar-refractivity contribution is 7.91. The van der Waals surface area contributed by atoms with Crippen molar-refractivity contribution < 1.29 is 48.4 Å². The molecule has 2 saturated carbocycles. The zero-order valence-corrected chi connectivity index (χ0v) is 47.1. The van der Waals surface area contributed by atoms with Crippen molar-refractivity contribution in [2.45, 2.75) is 87.5 Å². The number of carbonyl (C=O) groups is 2. The largest absolute Gasteiger partial charge is 0.402 e. The predicted molar refractivity (Wildman–Crippen MR) is 295 cm³/mol. The average molecular weight is 1170 g/mol. The number of fused-ring (bicyclic) bond motifs is 4. The van der Waals surface area contributed by atoms with Gasteiger partial charge in [0.1, 0.15) is 29.6 Å². The van der Waals surface area contributed by atoms with Gasteiger partial charge in [-0.25, -0.2) is 35.0 Å². The van der Waals surface area contributed by atoms with Gasteiger partial charge in [-0.05, 0) is 190 Å². The number of sulfonamides is 1. The number of alkyl halides is 3. The minimum absolute atomic E-state index is 0.0459. The van der Waals surface area contributed by atoms with E-state index in [-0.39, 0.29) is 59.7 Å². The number of Topliss-reactive ketones (excluding diaryl/α,β-unsaturated/α-hetero) is 2. The van der Waals surface area contributed by atoms with E-state index in [1.165, 1.54) is 59.1 Å². The van der Waals surface area contributed by atoms with Gasteiger partial charge in [-0.2, -0.15) is 37.9 Å². The molecule has 2 fully saturated rings. The average Bonchev–Trinajstić information content (AvgIpc) is 2.99. The Kier molecular flexibility index (Phi) is 14.8. The topological polar surface area (TPSA) is 203 Å². The van der Waals surface area contributed by atoms with Crippen LogP contribution in [0.2, 0.25) is 0 Å². The van der Waals surface area contributed by atoms with Gasteiger partial charge in [0.15, 0.2) is 31.5 Å². The van der Waals surface area contributed by atoms with Crippen molar-refractivity contribution in [3.63, 3.8) is 0 Å². The molecule has 0 saturated heterocycles. The number of hydrogen-bond acceptors (Lipinski definition) is 12. The van der Waals surface area contributed by atoms with Crippen LogP contribution in [0, 0.1) is 42.2 Å². The van der Waals surface area contributed by atoms with Crippen molar-refractivity contribution >= 4 is 43.6 Å². The maximum Gasteiger partial charge on any atom is 0.402 e. The molecule has 0 unspecified atom stereocenters. The molecule has 6 aromatic heterocycles. The van der Waals surface area contributed by atoms with Crippen LogP contribution in [-0.2, 0) is 46.8 Å². The number of aromatic nitrogens is 10. The number of benzene rings is 2. The first-order valence-electron chi connectivity index (χ1n) is 26.7. The number of allylic oxidation sites excluding steroid dienone is 2. The summed E-state index contributed by atoms with van der Waals surface area (Å²) >= 11 is 0. The summed E-state index contributed by atoms with van der Waals surface area (Å²) in [6.45, 7) is 1.99. The lowest BCUT2D eigenvalue weighted by Gasteiger charge is -2.46. The minimum Gasteiger partial charge on any atom is -0.291 e. The van der Waals surface area contributed by atoms with Gasteiger partial charge in [-0.1, -0.05) is 11.1 Å². The van der Waals surface area contributed by atoms with E-state index in [2.05, 4.69) is 30.4 Å². The van der Waals surface area contributed by atoms with Crippen LogP contribution in [0.15, 0.2) is 143 Å². The molecule has 2 aromatic carbocycles. The molecule has 0 amide bonds. The van der Waals surface area contributed by atoms with Crippen molar-refractivity contribution in [3.8, 4) is 11.4 Å². The third-order valence-corrected chi connectivity index (χ3v) is 19.7. The lowest BCUT2D eigenvalue weighted by molar-refractivity contribution is -0.140. The fourth-order valence-corrected chi connectivity index (χ4v) is 15.5. The Balaban J connectivity index is 0.000000175. The molecular weight excluding hydrogens is 1120 g/mol. The third-order valence-electron chi connectivity index (χ3n) is 16.2. The molecule has 83 heavy (non-hydrogen) atoms. The highest BCUT2D eigenvalue weighted by Gasteiger charge is 2.54. The SMILES string of the molecule is Cc1ccnc(C(=O)[C@]23Cc4cnn(-c5ccc(F)cc5)c4C=C2CC[C@H](CS(=O)(=O)c2ccn(C)n2)C3)c1.Cc1ccnc(C(=O)[C@]23Cc4cnn(-c5ccc(F)cc5)c4C=C2CC[C@H](N(CC(F)(F)F)S(=O)(=O)c2ccn(C)n2)C3)c1. The van der Waals surface area contributed by atoms with Crippen LogP contribution in [0.4, 0.5) is 22.0 Å². The number of sulfone groups is 1. The Labute approximate surface area is 475 Å². The van der Waals surface area contributed by atoms with Crippen molar-refractivity contribution in [2.75, 3.05) is 12.3 Å². The van der Waals surface area contributed by atoms with E-state index in [0.29, 0.717) is 58.2 Å². The van der Waals surface area contributed by atoms with Crippen molar-refractivity contribution in [2.24, 2.45) is 30.8 Å². The smallest absolute Gasteiger partial charge is 0.291 e. The summed E-state index contributed by atoms with van der Waals surface area (Å²) in [6, 6.07) is 20.4. The van der Waals surface area contributed by atoms with E-state index >= 15 is 0 Å². The summed E-state index contributed by atoms with van der Waals surface area (Å²) in [5.74, 6) is -1.54. The first-order chi connectivity index (χ1) is 39.4. The standard InChI is InChI=1S/C30H28F4N6O3S.C29H28FN5O3S/c1-19-9-11-35-25(13-19)28(41)29-15-20-17-36-40(23-7-4-22(31)5-8-23)26(20)14-21(29)3-6-24(16-29)39(18-30(32,33)34)44(42,43)27-10-12-38(2)37-27;1-19-9-11-31-25(13-19)28(36)29-15-20(18-39(37,38)27-10-12-34(2)33-27)3-4-22(29)14-26-21(16-29)17-32-35(26)24-7-5-23(30)6-8-24/h4-5,7-14,17,24H,3,6,15-16,18H2,1-2H3;5-14,17,20H,3-4,15-16,18H2,1-2H3/t24-,29-;20-,29+/m00/s1. The summed E-state index contributed by atoms with van der Waals surface area (Å²) in [5.41, 5.74) is 5.91. The zero-order valence-electron chi connectivity index (χ0n) is 45.5. The second-order valence-corrected chi connectivity index (χ2v) is 25.8. The highest BCUT2D eigenvalue weighted by atomic mass is 32.2. The summed E-state index contributed by atoms with van der Waals surface area (Å²) < 4.78 is 129. The van der Waals surface area contributed by atoms with Gasteiger partial charge in [0, 0.05) is 44.9 Å². The lowest BCUT2D eigenvalue weighted by atomic mass is 9.59. The van der Waals surface area contributed by atoms with Crippen LogP contribution >= 0.6 is 0 Å². The predicted octanol–water partition coefficient (Wildman–Crippen LogP) is 9.59. The fraction of sp³-hybridized carbons (Fsp3) is 0.322. The molecule has 4 atom stereocenters. The van der Waals surface area contributed by atoms with Crippen LogP contribution in [0.5, 0.6) is 0 Å². The molecule has 6 heterocycles. The molecule has 4 aliphatic carbocycles. The Morgan fingerprint density at radius 3 is 1.58 bits per heavy atom. The maximum atomic E-state index is 14.4. The van der Waals surface area contributed by atoms with Gasteiger partial charge in [0.2, 0.25) is 0 Å². The fourth-order valence-electron chi connectivity index (χ4n) is 12.3. The van der Waals surface area contributed by atoms with E-state index in [0.717, 1.165) is 39.7 Å². The summed E-state index contributed by atoms with van der Waals surface area (Å²) in [4.78, 5) is 37.4. The number of ketones is 2. The van der Waals surface area contributed by atoms with Crippen LogP contribution in [0.1, 0.15) is 93.1 Å². The van der Waals surface area contributed by atoms with E-state index in [9.17, 15) is 48.4 Å². The summed E-state index contributed by atoms with van der Waals surface area (Å²) in [6.07, 6.45) is 10.5. The normalized spacial score (nSPS) is 20.5. The second-order valence-electron chi connectivity index (χ2n) is 21.9. The van der Waals surface area contributed by atoms with Gasteiger partial charge < -0.3 is 0 Å². The van der Waals surface area contributed by atoms with Crippen LogP contribution in [-0.4, -0.2) is 106 Å². The first kappa shape index (κ1) is 56.8. The summed E-state index contributed by atoms with van der Waals surface area (Å²) in [5, 5.41) is 16.6. The maximum absolute atomic E-state index is 14.4. The van der Waals surface area contributed by atoms with Crippen LogP contribution < -0.4 is 0 Å². The number of carbonyl (C=O) groups excluding carboxylic acids is 2. The molecule has 430 valence electrons. The Bertz CT molecular complexity index is 4130. The van der Waals surface area contributed by atoms with E-state index in [1.54, 1.807) is 96.7 Å². The van der Waals surface area contributed by atoms with E-state index < -0.39 is 66.1 Å². The molecule has 8 aromatic rings. The molecule has 0 bridgehead atoms. The van der Waals surface area contributed by atoms with Crippen molar-refractivity contribution in [3.05, 3.63) is 190 Å². The molecule has 24 heteroatoms. The number of halogens is 5. The molecule has 0 radical (unpaired) electrons. The molecule has 4 aliphatic rings. The number of nitrogens with zero attached hydrogens (tertiary/aromatic N) is 11. The number of pyridine rings is 2. The van der Waals surface area contributed by atoms with Crippen LogP contribution in [0.3, 0.4) is 0 Å². The second kappa shape index (κ2) is 21.6. The van der Waals surface area contributed by atoms with Crippen molar-refractivity contribution in [1.29, 1.82) is 0 Å². The molecule has 17 nitrogen and oxygen atoms in total. The van der Waals surface area contributed by atoms with Crippen molar-refractivity contribution in [1.82, 2.24) is 53.4 Å². The summed E-state index contributed by atoms with van der Waals surface area (Å²) in [7, 11) is -5.15. The number of hydrogen-bond donors (Lipinski definition) is 0. The lowest BCUT2D eigenvalue weighted by Crippen LogP contribution is -2.52. The van der Waals surface area contributed by atoms with Gasteiger partial charge >= 0.3 is 6.18 Å². The quantitative estimate of drug-likeness (QED) is 0.0783. The third kappa shape index (κ3) is 11.1. The van der Waals surface area contributed by atoms with Gasteiger partial charge in [-0.3, -0.25) is 28.9 Å². The molecule has 0 aliphatic heterocycles. The van der Waals surface area contributed by atoms with E-state index in [1.807, 2.05) is 19.1 Å². The van der Waals surface area contributed by atoms with Gasteiger partial charge in [-0.15, -0.1) is 0 Å². The van der Waals surface area contributed by atoms with Gasteiger partial charge in [0.25, 0.3) is 10.0 Å². The first-order valence-corrected chi connectivity index (χ1v) is 29.8. The monoisotopic (exact) mass is 1170 g/mol. The zero-order chi connectivity index (χ0) is 58.8. The number of aryl methyl sites for hydroxylation is 4. The minimum atomic E-state index is -4.84. The van der Waals surface area contributed by atoms with E-state index in [4.69, 9.17) is 0 Å². The molecule has 0 N–H and O–H groups in total. The Morgan fingerprint density at radius 2 is 1.12 bits per heavy atom. The number of rotatable bonds is 13. The highest BCUT2D eigenvalue weighted by Crippen LogP contribution is 2.54. The Morgan fingerprint density at radius 1 is 0.651 bits per heavy atom. The Hall–Kier alpha value is -8.09. The van der Waals surface area contributed by atoms with Crippen LogP contribution in [0.25, 0.3) is 23.5 Å². The van der Waals surface area contributed by atoms with Gasteiger partial charge in [0.05, 0.1) is 51.7 Å². The molecular formula is C59H56F5N11O6S2. The molecule has 12 rings (SSSR count).